The molecule has 5 heteroatoms. The highest BCUT2D eigenvalue weighted by atomic mass is 16.5. The van der Waals surface area contributed by atoms with Crippen molar-refractivity contribution in [3.8, 4) is 11.6 Å². The molecule has 0 aliphatic carbocycles. The van der Waals surface area contributed by atoms with Crippen LogP contribution in [0.1, 0.15) is 10.4 Å². The fourth-order valence-electron chi connectivity index (χ4n) is 1.54. The number of hydrogen-bond acceptors (Lipinski definition) is 4. The molecule has 1 heterocycles. The van der Waals surface area contributed by atoms with E-state index in [2.05, 4.69) is 4.98 Å². The highest BCUT2D eigenvalue weighted by molar-refractivity contribution is 6.05. The van der Waals surface area contributed by atoms with E-state index >= 15 is 0 Å². The number of nitrogens with zero attached hydrogens (tertiary/aromatic N) is 1. The van der Waals surface area contributed by atoms with E-state index < -0.39 is 5.97 Å². The first-order valence-electron chi connectivity index (χ1n) is 4.52. The van der Waals surface area contributed by atoms with Crippen molar-refractivity contribution in [3.05, 3.63) is 30.0 Å². The molecule has 0 spiro atoms. The number of phenolic OH excluding ortho intramolecular Hbond substituents is 1. The lowest BCUT2D eigenvalue weighted by Gasteiger charge is -2.06. The minimum absolute atomic E-state index is 0.00301. The first kappa shape index (κ1) is 10.2. The van der Waals surface area contributed by atoms with E-state index in [1.807, 2.05) is 0 Å². The van der Waals surface area contributed by atoms with E-state index in [9.17, 15) is 9.90 Å². The van der Waals surface area contributed by atoms with Crippen LogP contribution >= 0.6 is 0 Å². The lowest BCUT2D eigenvalue weighted by atomic mass is 10.1. The van der Waals surface area contributed by atoms with Crippen LogP contribution in [0.5, 0.6) is 11.6 Å². The van der Waals surface area contributed by atoms with Gasteiger partial charge in [0.2, 0.25) is 5.88 Å². The second-order valence-electron chi connectivity index (χ2n) is 3.22. The van der Waals surface area contributed by atoms with Gasteiger partial charge in [-0.25, -0.2) is 9.78 Å². The average molecular weight is 219 g/mol. The van der Waals surface area contributed by atoms with Crippen LogP contribution < -0.4 is 4.74 Å². The molecule has 0 saturated carbocycles. The summed E-state index contributed by atoms with van der Waals surface area (Å²) in [5.41, 5.74) is 0.0340. The highest BCUT2D eigenvalue weighted by Crippen LogP contribution is 2.28. The number of rotatable bonds is 2. The Hall–Kier alpha value is -2.30. The molecule has 2 aromatic rings. The smallest absolute Gasteiger partial charge is 0.337 e. The van der Waals surface area contributed by atoms with Gasteiger partial charge in [0.15, 0.2) is 0 Å². The average Bonchev–Trinajstić information content (AvgIpc) is 2.26. The summed E-state index contributed by atoms with van der Waals surface area (Å²) in [4.78, 5) is 14.9. The lowest BCUT2D eigenvalue weighted by Crippen LogP contribution is -2.00. The van der Waals surface area contributed by atoms with Crippen LogP contribution in [-0.4, -0.2) is 28.3 Å². The molecule has 0 atom stereocenters. The molecule has 0 radical (unpaired) electrons. The summed E-state index contributed by atoms with van der Waals surface area (Å²) in [5.74, 6) is -0.756. The molecular weight excluding hydrogens is 210 g/mol. The third kappa shape index (κ3) is 1.52. The van der Waals surface area contributed by atoms with Crippen LogP contribution in [-0.2, 0) is 0 Å². The van der Waals surface area contributed by atoms with Gasteiger partial charge < -0.3 is 14.9 Å². The Bertz CT molecular complexity index is 565. The Kier molecular flexibility index (Phi) is 2.36. The van der Waals surface area contributed by atoms with Crippen molar-refractivity contribution in [1.29, 1.82) is 0 Å². The first-order chi connectivity index (χ1) is 7.63. The minimum atomic E-state index is -1.09. The van der Waals surface area contributed by atoms with Gasteiger partial charge in [-0.3, -0.25) is 0 Å². The van der Waals surface area contributed by atoms with Gasteiger partial charge in [-0.05, 0) is 18.2 Å². The molecule has 1 aromatic carbocycles. The van der Waals surface area contributed by atoms with E-state index in [0.29, 0.717) is 16.7 Å². The maximum atomic E-state index is 11.0. The van der Waals surface area contributed by atoms with Gasteiger partial charge in [0.05, 0.1) is 12.7 Å². The Morgan fingerprint density at radius 1 is 1.38 bits per heavy atom. The molecule has 0 bridgehead atoms. The third-order valence-corrected chi connectivity index (χ3v) is 2.26. The molecule has 0 saturated heterocycles. The lowest BCUT2D eigenvalue weighted by molar-refractivity contribution is 0.0698. The number of carbonyl (C=O) groups is 1. The maximum absolute atomic E-state index is 11.0. The topological polar surface area (TPSA) is 79.7 Å². The second-order valence-corrected chi connectivity index (χ2v) is 3.22. The summed E-state index contributed by atoms with van der Waals surface area (Å²) in [6.07, 6.45) is 1.21. The Balaban J connectivity index is 2.85. The van der Waals surface area contributed by atoms with Crippen molar-refractivity contribution in [2.45, 2.75) is 0 Å². The van der Waals surface area contributed by atoms with Crippen LogP contribution in [0.25, 0.3) is 10.8 Å². The first-order valence-corrected chi connectivity index (χ1v) is 4.52. The third-order valence-electron chi connectivity index (χ3n) is 2.26. The molecule has 2 N–H and O–H groups in total. The van der Waals surface area contributed by atoms with Crippen LogP contribution in [0.15, 0.2) is 24.4 Å². The molecular formula is C11H9NO4. The van der Waals surface area contributed by atoms with Crippen molar-refractivity contribution < 1.29 is 19.7 Å². The number of ether oxygens (including phenoxy) is 1. The van der Waals surface area contributed by atoms with Gasteiger partial charge in [0.25, 0.3) is 0 Å². The second kappa shape index (κ2) is 3.69. The standard InChI is InChI=1S/C11H9NO4/c1-16-10-7-3-2-6(13)4-8(7)9(5-12-10)11(14)15/h2-5,13H,1H3,(H,14,15). The molecule has 0 amide bonds. The van der Waals surface area contributed by atoms with Crippen molar-refractivity contribution in [2.24, 2.45) is 0 Å². The number of benzene rings is 1. The number of fused-ring (bicyclic) bond motifs is 1. The number of phenols is 1. The Morgan fingerprint density at radius 3 is 2.75 bits per heavy atom. The zero-order valence-corrected chi connectivity index (χ0v) is 8.47. The molecule has 0 fully saturated rings. The van der Waals surface area contributed by atoms with Crippen LogP contribution in [0, 0.1) is 0 Å². The molecule has 5 nitrogen and oxygen atoms in total. The van der Waals surface area contributed by atoms with Crippen LogP contribution in [0.4, 0.5) is 0 Å². The van der Waals surface area contributed by atoms with E-state index in [0.717, 1.165) is 0 Å². The predicted octanol–water partition coefficient (Wildman–Crippen LogP) is 1.65. The van der Waals surface area contributed by atoms with Crippen molar-refractivity contribution in [1.82, 2.24) is 4.98 Å². The van der Waals surface area contributed by atoms with Crippen molar-refractivity contribution in [2.75, 3.05) is 7.11 Å². The van der Waals surface area contributed by atoms with Crippen LogP contribution in [0.2, 0.25) is 0 Å². The molecule has 16 heavy (non-hydrogen) atoms. The minimum Gasteiger partial charge on any atom is -0.508 e. The van der Waals surface area contributed by atoms with E-state index in [-0.39, 0.29) is 11.3 Å². The zero-order chi connectivity index (χ0) is 11.7. The van der Waals surface area contributed by atoms with E-state index in [1.165, 1.54) is 25.4 Å². The fourth-order valence-corrected chi connectivity index (χ4v) is 1.54. The molecule has 2 rings (SSSR count). The normalized spacial score (nSPS) is 10.3. The number of carboxylic acid groups (broad SMARTS) is 1. The van der Waals surface area contributed by atoms with E-state index in [1.54, 1.807) is 6.07 Å². The van der Waals surface area contributed by atoms with Crippen molar-refractivity contribution >= 4 is 16.7 Å². The molecule has 0 aliphatic heterocycles. The summed E-state index contributed by atoms with van der Waals surface area (Å²) < 4.78 is 5.02. The van der Waals surface area contributed by atoms with Gasteiger partial charge in [-0.2, -0.15) is 0 Å². The number of aromatic carboxylic acids is 1. The highest BCUT2D eigenvalue weighted by Gasteiger charge is 2.13. The molecule has 82 valence electrons. The predicted molar refractivity (Wildman–Crippen MR) is 56.9 cm³/mol. The number of pyridine rings is 1. The van der Waals surface area contributed by atoms with Gasteiger partial charge in [-0.15, -0.1) is 0 Å². The number of carboxylic acids is 1. The van der Waals surface area contributed by atoms with Crippen molar-refractivity contribution in [3.63, 3.8) is 0 Å². The van der Waals surface area contributed by atoms with Gasteiger partial charge in [0, 0.05) is 17.0 Å². The summed E-state index contributed by atoms with van der Waals surface area (Å²) in [6.45, 7) is 0. The monoisotopic (exact) mass is 219 g/mol. The summed E-state index contributed by atoms with van der Waals surface area (Å²) in [7, 11) is 1.45. The summed E-state index contributed by atoms with van der Waals surface area (Å²) in [6, 6.07) is 4.41. The Labute approximate surface area is 90.9 Å². The van der Waals surface area contributed by atoms with Gasteiger partial charge in [-0.1, -0.05) is 0 Å². The number of aromatic hydroxyl groups is 1. The summed E-state index contributed by atoms with van der Waals surface area (Å²) >= 11 is 0. The molecule has 0 unspecified atom stereocenters. The molecule has 0 aliphatic rings. The fraction of sp³-hybridized carbons (Fsp3) is 0.0909. The number of hydrogen-bond donors (Lipinski definition) is 2. The van der Waals surface area contributed by atoms with E-state index in [4.69, 9.17) is 9.84 Å². The maximum Gasteiger partial charge on any atom is 0.337 e. The number of aromatic nitrogens is 1. The number of methoxy groups -OCH3 is 1. The largest absolute Gasteiger partial charge is 0.508 e. The Morgan fingerprint density at radius 2 is 2.12 bits per heavy atom. The molecule has 1 aromatic heterocycles. The van der Waals surface area contributed by atoms with Gasteiger partial charge in [0.1, 0.15) is 5.75 Å². The van der Waals surface area contributed by atoms with Gasteiger partial charge >= 0.3 is 5.97 Å². The SMILES string of the molecule is COc1ncc(C(=O)O)c2cc(O)ccc12. The van der Waals surface area contributed by atoms with Crippen LogP contribution in [0.3, 0.4) is 0 Å². The summed E-state index contributed by atoms with van der Waals surface area (Å²) in [5, 5.41) is 19.3. The quantitative estimate of drug-likeness (QED) is 0.802. The zero-order valence-electron chi connectivity index (χ0n) is 8.47.